The van der Waals surface area contributed by atoms with Gasteiger partial charge in [0.2, 0.25) is 17.7 Å². The van der Waals surface area contributed by atoms with E-state index in [2.05, 4.69) is 21.3 Å². The zero-order valence-corrected chi connectivity index (χ0v) is 58.4. The molecule has 548 valence electrons. The second-order valence-corrected chi connectivity index (χ2v) is 25.3. The van der Waals surface area contributed by atoms with Gasteiger partial charge in [-0.1, -0.05) is 32.9 Å². The quantitative estimate of drug-likeness (QED) is 0.0367. The summed E-state index contributed by atoms with van der Waals surface area (Å²) >= 11 is 0. The molecule has 3 aromatic carbocycles. The van der Waals surface area contributed by atoms with Crippen LogP contribution >= 0.6 is 0 Å². The third-order valence-electron chi connectivity index (χ3n) is 17.5. The molecule has 4 N–H and O–H groups in total. The zero-order valence-electron chi connectivity index (χ0n) is 58.4. The maximum absolute atomic E-state index is 14.2. The number of fused-ring (bicyclic) bond motifs is 4. The van der Waals surface area contributed by atoms with Crippen molar-refractivity contribution in [2.45, 2.75) is 90.3 Å². The van der Waals surface area contributed by atoms with E-state index in [1.807, 2.05) is 44.6 Å². The number of Topliss-reactive ketones (excluding diaryl/α,β-unsaturated/α-hetero) is 1. The molecule has 0 saturated heterocycles. The number of aliphatic imine (C=N–C) groups is 1. The highest BCUT2D eigenvalue weighted by atomic mass is 16.6. The van der Waals surface area contributed by atoms with E-state index in [1.165, 1.54) is 37.7 Å². The van der Waals surface area contributed by atoms with Crippen molar-refractivity contribution in [3.8, 4) is 23.0 Å². The SMILES string of the molecule is COc1cc2c(cc1OCCCOc1cc3c(cc1OC)C(=O)N1C=C(c4ccc(NC(=O)[C@H](C)CC(=O)C(NC(=O)CCOCCOCCOCCOCCOCCOCCOCCOCCNC(=O)CCN5C(=O)C=CC5=O)C(C)C)cc4)C[C@H]1CN3)N=C[C@@H]1CC(C3CC3)=CN1C2=O. The van der Waals surface area contributed by atoms with Gasteiger partial charge < -0.3 is 87.9 Å². The van der Waals surface area contributed by atoms with Crippen molar-refractivity contribution in [2.75, 3.05) is 163 Å². The van der Waals surface area contributed by atoms with Crippen LogP contribution in [0.25, 0.3) is 5.57 Å². The van der Waals surface area contributed by atoms with Crippen molar-refractivity contribution >= 4 is 76.0 Å². The molecule has 0 spiro atoms. The molecule has 1 aliphatic carbocycles. The minimum absolute atomic E-state index is 0.0301. The molecule has 5 aliphatic heterocycles. The summed E-state index contributed by atoms with van der Waals surface area (Å²) in [5.74, 6) is -0.816. The van der Waals surface area contributed by atoms with E-state index < -0.39 is 23.8 Å². The van der Waals surface area contributed by atoms with Crippen LogP contribution in [0, 0.1) is 17.8 Å². The van der Waals surface area contributed by atoms with Gasteiger partial charge in [-0.3, -0.25) is 48.2 Å². The summed E-state index contributed by atoms with van der Waals surface area (Å²) in [6.45, 7) is 12.5. The Morgan fingerprint density at radius 3 is 1.73 bits per heavy atom. The molecule has 28 nitrogen and oxygen atoms in total. The Bertz CT molecular complexity index is 3450. The number of imide groups is 1. The first kappa shape index (κ1) is 76.6. The van der Waals surface area contributed by atoms with E-state index in [9.17, 15) is 38.4 Å². The van der Waals surface area contributed by atoms with Crippen LogP contribution in [0.4, 0.5) is 17.1 Å². The average molecular weight is 1410 g/mol. The van der Waals surface area contributed by atoms with Gasteiger partial charge in [0.25, 0.3) is 23.6 Å². The Labute approximate surface area is 589 Å². The molecule has 101 heavy (non-hydrogen) atoms. The van der Waals surface area contributed by atoms with Gasteiger partial charge in [0.05, 0.1) is 174 Å². The lowest BCUT2D eigenvalue weighted by molar-refractivity contribution is -0.137. The van der Waals surface area contributed by atoms with Crippen LogP contribution in [0.3, 0.4) is 0 Å². The lowest BCUT2D eigenvalue weighted by Gasteiger charge is -2.23. The number of ketones is 1. The number of amides is 7. The van der Waals surface area contributed by atoms with Gasteiger partial charge in [0.15, 0.2) is 28.8 Å². The summed E-state index contributed by atoms with van der Waals surface area (Å²) in [6.07, 6.45) is 12.4. The van der Waals surface area contributed by atoms with Crippen LogP contribution in [0.5, 0.6) is 23.0 Å². The molecule has 5 heterocycles. The lowest BCUT2D eigenvalue weighted by atomic mass is 9.92. The Morgan fingerprint density at radius 1 is 0.604 bits per heavy atom. The summed E-state index contributed by atoms with van der Waals surface area (Å²) in [5, 5.41) is 11.9. The molecule has 3 aromatic rings. The molecule has 1 fully saturated rings. The summed E-state index contributed by atoms with van der Waals surface area (Å²) in [6, 6.07) is 13.3. The number of hydrogen-bond acceptors (Lipinski definition) is 22. The van der Waals surface area contributed by atoms with Crippen molar-refractivity contribution in [3.05, 3.63) is 95.3 Å². The van der Waals surface area contributed by atoms with Gasteiger partial charge in [-0.25, -0.2) is 0 Å². The molecular formula is C73H96N8O20. The van der Waals surface area contributed by atoms with Crippen LogP contribution in [-0.4, -0.2) is 239 Å². The Kier molecular flexibility index (Phi) is 30.0. The van der Waals surface area contributed by atoms with Crippen molar-refractivity contribution < 1.29 is 95.2 Å². The number of methoxy groups -OCH3 is 2. The number of carbonyl (C=O) groups excluding carboxylic acids is 8. The minimum atomic E-state index is -0.782. The average Bonchev–Trinajstić information content (AvgIpc) is 1.69. The summed E-state index contributed by atoms with van der Waals surface area (Å²) < 4.78 is 67.9. The molecule has 6 aliphatic rings. The van der Waals surface area contributed by atoms with Gasteiger partial charge in [-0.15, -0.1) is 0 Å². The number of hydrogen-bond donors (Lipinski definition) is 4. The second kappa shape index (κ2) is 39.6. The molecule has 9 rings (SSSR count). The molecule has 4 atom stereocenters. The first-order valence-corrected chi connectivity index (χ1v) is 34.8. The fraction of sp³-hybridized carbons (Fsp3) is 0.548. The standard InChI is InChI=1S/C73H96N8O20/c1-48(2)70(78-67(84)16-21-92-23-25-94-27-29-96-31-33-98-35-36-99-34-32-97-30-28-95-26-24-93-22-17-74-66(83)15-18-79-68(85)13-14-69(79)86)61(82)37-49(3)71(87)77-54-11-9-51(10-12-54)53-39-56-45-76-60-43-65(63(91-5)41-58(60)73(89)81(56)47-53)101-20-6-19-100-64-42-59-57(40-62(64)90-4)72(88)80-46-52(50-7-8-50)38-55(80)44-75-59/h9-14,40-44,46-50,55-56,70,76H,6-8,15-39,45H2,1-5H3,(H,74,83)(H,77,87)(H,78,84)/t49-,55+,56+,70?/m1/s1. The third kappa shape index (κ3) is 22.9. The molecule has 1 saturated carbocycles. The zero-order chi connectivity index (χ0) is 71.5. The van der Waals surface area contributed by atoms with Crippen LogP contribution in [-0.2, 0) is 66.7 Å². The second-order valence-electron chi connectivity index (χ2n) is 25.3. The number of nitrogens with one attached hydrogen (secondary N) is 4. The fourth-order valence-corrected chi connectivity index (χ4v) is 11.8. The van der Waals surface area contributed by atoms with Crippen molar-refractivity contribution in [1.29, 1.82) is 0 Å². The van der Waals surface area contributed by atoms with E-state index in [0.29, 0.717) is 182 Å². The highest BCUT2D eigenvalue weighted by Crippen LogP contribution is 2.45. The normalized spacial score (nSPS) is 17.3. The van der Waals surface area contributed by atoms with Crippen molar-refractivity contribution in [2.24, 2.45) is 22.7 Å². The summed E-state index contributed by atoms with van der Waals surface area (Å²) in [5.41, 5.74) is 5.80. The summed E-state index contributed by atoms with van der Waals surface area (Å²) in [7, 11) is 3.08. The smallest absolute Gasteiger partial charge is 0.260 e. The molecule has 7 amide bonds. The predicted octanol–water partition coefficient (Wildman–Crippen LogP) is 6.09. The Hall–Kier alpha value is -8.61. The lowest BCUT2D eigenvalue weighted by Crippen LogP contribution is -2.45. The number of benzene rings is 3. The number of rotatable bonds is 47. The predicted molar refractivity (Wildman–Crippen MR) is 371 cm³/mol. The largest absolute Gasteiger partial charge is 0.493 e. The first-order valence-electron chi connectivity index (χ1n) is 34.8. The number of ether oxygens (including phenoxy) is 12. The van der Waals surface area contributed by atoms with Gasteiger partial charge in [-0.05, 0) is 78.5 Å². The van der Waals surface area contributed by atoms with E-state index in [0.717, 1.165) is 22.5 Å². The van der Waals surface area contributed by atoms with E-state index in [4.69, 9.17) is 61.8 Å². The topological polar surface area (TPSA) is 318 Å². The van der Waals surface area contributed by atoms with Crippen LogP contribution in [0.15, 0.2) is 83.6 Å². The van der Waals surface area contributed by atoms with E-state index in [-0.39, 0.29) is 98.9 Å². The van der Waals surface area contributed by atoms with Gasteiger partial charge in [-0.2, -0.15) is 0 Å². The highest BCUT2D eigenvalue weighted by Gasteiger charge is 2.39. The molecule has 0 radical (unpaired) electrons. The van der Waals surface area contributed by atoms with Crippen LogP contribution in [0.2, 0.25) is 0 Å². The highest BCUT2D eigenvalue weighted by molar-refractivity contribution is 6.13. The number of nitrogens with zero attached hydrogens (tertiary/aromatic N) is 4. The minimum Gasteiger partial charge on any atom is -0.493 e. The van der Waals surface area contributed by atoms with E-state index in [1.54, 1.807) is 60.2 Å². The molecule has 1 unspecified atom stereocenters. The van der Waals surface area contributed by atoms with Gasteiger partial charge >= 0.3 is 0 Å². The molecular weight excluding hydrogens is 1310 g/mol. The molecule has 28 heteroatoms. The molecule has 0 aromatic heterocycles. The van der Waals surface area contributed by atoms with Crippen molar-refractivity contribution in [1.82, 2.24) is 25.3 Å². The first-order chi connectivity index (χ1) is 49.1. The summed E-state index contributed by atoms with van der Waals surface area (Å²) in [4.78, 5) is 112. The third-order valence-corrected chi connectivity index (χ3v) is 17.5. The Balaban J connectivity index is 0.570. The van der Waals surface area contributed by atoms with E-state index >= 15 is 0 Å². The van der Waals surface area contributed by atoms with Crippen LogP contribution in [0.1, 0.15) is 98.4 Å². The number of carbonyl (C=O) groups is 8. The Morgan fingerprint density at radius 2 is 1.16 bits per heavy atom. The monoisotopic (exact) mass is 1400 g/mol. The van der Waals surface area contributed by atoms with Gasteiger partial charge in [0, 0.05) is 99.8 Å². The maximum Gasteiger partial charge on any atom is 0.260 e. The fourth-order valence-electron chi connectivity index (χ4n) is 11.8. The molecule has 0 bridgehead atoms. The number of anilines is 2. The van der Waals surface area contributed by atoms with Crippen molar-refractivity contribution in [3.63, 3.8) is 0 Å². The van der Waals surface area contributed by atoms with Gasteiger partial charge in [0.1, 0.15) is 0 Å². The van der Waals surface area contributed by atoms with Crippen LogP contribution < -0.4 is 40.2 Å². The maximum atomic E-state index is 14.2.